The zero-order chi connectivity index (χ0) is 8.39. The van der Waals surface area contributed by atoms with Crippen molar-refractivity contribution in [3.8, 4) is 0 Å². The van der Waals surface area contributed by atoms with Crippen LogP contribution in [0.15, 0.2) is 36.7 Å². The molecule has 62 valence electrons. The van der Waals surface area contributed by atoms with E-state index in [1.54, 1.807) is 0 Å². The molecule has 0 saturated heterocycles. The maximum atomic E-state index is 3.19. The van der Waals surface area contributed by atoms with Crippen molar-refractivity contribution in [2.45, 2.75) is 6.42 Å². The van der Waals surface area contributed by atoms with Crippen LogP contribution in [-0.4, -0.2) is 9.55 Å². The molecule has 2 aromatic rings. The highest BCUT2D eigenvalue weighted by atomic mass is 14.9. The van der Waals surface area contributed by atoms with E-state index in [2.05, 4.69) is 41.0 Å². The summed E-state index contributed by atoms with van der Waals surface area (Å²) in [6, 6.07) is 8.34. The Bertz CT molecular complexity index is 344. The Labute approximate surface area is 71.8 Å². The van der Waals surface area contributed by atoms with Crippen molar-refractivity contribution < 1.29 is 0 Å². The lowest BCUT2D eigenvalue weighted by molar-refractivity contribution is 0.843. The van der Waals surface area contributed by atoms with Gasteiger partial charge in [0.1, 0.15) is 0 Å². The molecule has 0 aliphatic heterocycles. The van der Waals surface area contributed by atoms with Crippen LogP contribution < -0.4 is 0 Å². The van der Waals surface area contributed by atoms with Gasteiger partial charge in [-0.05, 0) is 24.3 Å². The molecule has 2 heterocycles. The first kappa shape index (κ1) is 7.22. The van der Waals surface area contributed by atoms with Crippen LogP contribution in [0.25, 0.3) is 0 Å². The first-order valence-corrected chi connectivity index (χ1v) is 4.09. The third kappa shape index (κ3) is 1.28. The number of aromatic amines is 1. The number of nitrogens with one attached hydrogen (secondary N) is 1. The van der Waals surface area contributed by atoms with Crippen molar-refractivity contribution in [2.75, 3.05) is 0 Å². The molecule has 2 rings (SSSR count). The summed E-state index contributed by atoms with van der Waals surface area (Å²) in [6.07, 6.45) is 5.01. The summed E-state index contributed by atoms with van der Waals surface area (Å²) in [6.45, 7) is 0. The number of aromatic nitrogens is 2. The molecule has 0 amide bonds. The molecule has 0 radical (unpaired) electrons. The Morgan fingerprint density at radius 1 is 1.33 bits per heavy atom. The second-order valence-electron chi connectivity index (χ2n) is 2.98. The number of hydrogen-bond acceptors (Lipinski definition) is 0. The van der Waals surface area contributed by atoms with Crippen LogP contribution in [0, 0.1) is 0 Å². The summed E-state index contributed by atoms with van der Waals surface area (Å²) in [5.41, 5.74) is 2.59. The minimum Gasteiger partial charge on any atom is -0.365 e. The quantitative estimate of drug-likeness (QED) is 0.693. The summed E-state index contributed by atoms with van der Waals surface area (Å²) in [5, 5.41) is 0. The molecule has 12 heavy (non-hydrogen) atoms. The molecule has 0 aromatic carbocycles. The minimum atomic E-state index is 0.983. The topological polar surface area (TPSA) is 20.7 Å². The van der Waals surface area contributed by atoms with E-state index in [1.165, 1.54) is 11.4 Å². The van der Waals surface area contributed by atoms with Gasteiger partial charge in [0.25, 0.3) is 0 Å². The number of hydrogen-bond donors (Lipinski definition) is 1. The molecule has 0 saturated carbocycles. The molecule has 1 N–H and O–H groups in total. The van der Waals surface area contributed by atoms with E-state index in [0.29, 0.717) is 0 Å². The first-order valence-electron chi connectivity index (χ1n) is 4.09. The predicted molar refractivity (Wildman–Crippen MR) is 49.0 cm³/mol. The van der Waals surface area contributed by atoms with E-state index in [0.717, 1.165) is 6.42 Å². The number of aryl methyl sites for hydroxylation is 1. The number of nitrogens with zero attached hydrogens (tertiary/aromatic N) is 1. The molecule has 2 heteroatoms. The van der Waals surface area contributed by atoms with Gasteiger partial charge in [0.15, 0.2) is 0 Å². The van der Waals surface area contributed by atoms with E-state index in [9.17, 15) is 0 Å². The van der Waals surface area contributed by atoms with Gasteiger partial charge in [0, 0.05) is 37.3 Å². The summed E-state index contributed by atoms with van der Waals surface area (Å²) >= 11 is 0. The minimum absolute atomic E-state index is 0.983. The fourth-order valence-corrected chi connectivity index (χ4v) is 1.35. The fourth-order valence-electron chi connectivity index (χ4n) is 1.35. The van der Waals surface area contributed by atoms with Crippen LogP contribution >= 0.6 is 0 Å². The van der Waals surface area contributed by atoms with E-state index >= 15 is 0 Å². The Balaban J connectivity index is 2.20. The predicted octanol–water partition coefficient (Wildman–Crippen LogP) is 1.94. The van der Waals surface area contributed by atoms with Gasteiger partial charge in [-0.15, -0.1) is 0 Å². The van der Waals surface area contributed by atoms with Crippen LogP contribution in [0.1, 0.15) is 11.4 Å². The van der Waals surface area contributed by atoms with Gasteiger partial charge in [-0.2, -0.15) is 0 Å². The lowest BCUT2D eigenvalue weighted by Gasteiger charge is -2.00. The molecule has 0 bridgehead atoms. The maximum Gasteiger partial charge on any atom is 0.0280 e. The van der Waals surface area contributed by atoms with Crippen molar-refractivity contribution in [2.24, 2.45) is 7.05 Å². The van der Waals surface area contributed by atoms with Crippen molar-refractivity contribution in [3.05, 3.63) is 48.0 Å². The molecular formula is C10H12N2. The molecule has 2 nitrogen and oxygen atoms in total. The van der Waals surface area contributed by atoms with E-state index < -0.39 is 0 Å². The van der Waals surface area contributed by atoms with E-state index in [4.69, 9.17) is 0 Å². The van der Waals surface area contributed by atoms with Crippen LogP contribution in [0.5, 0.6) is 0 Å². The van der Waals surface area contributed by atoms with Gasteiger partial charge in [-0.3, -0.25) is 0 Å². The monoisotopic (exact) mass is 160 g/mol. The molecule has 0 fully saturated rings. The standard InChI is InChI=1S/C10H12N2/c1-12-7-3-5-10(12)8-9-4-2-6-11-9/h2-7,11H,8H2,1H3. The van der Waals surface area contributed by atoms with Crippen molar-refractivity contribution in [1.29, 1.82) is 0 Å². The molecule has 0 spiro atoms. The molecule has 0 aliphatic rings. The van der Waals surface area contributed by atoms with Crippen LogP contribution in [0.4, 0.5) is 0 Å². The molecule has 0 aliphatic carbocycles. The highest BCUT2D eigenvalue weighted by Crippen LogP contribution is 2.06. The zero-order valence-electron chi connectivity index (χ0n) is 7.12. The Morgan fingerprint density at radius 3 is 2.83 bits per heavy atom. The summed E-state index contributed by atoms with van der Waals surface area (Å²) in [4.78, 5) is 3.19. The highest BCUT2D eigenvalue weighted by Gasteiger charge is 1.98. The second-order valence-corrected chi connectivity index (χ2v) is 2.98. The number of rotatable bonds is 2. The van der Waals surface area contributed by atoms with Gasteiger partial charge in [-0.1, -0.05) is 0 Å². The molecule has 0 unspecified atom stereocenters. The summed E-state index contributed by atoms with van der Waals surface area (Å²) < 4.78 is 2.14. The van der Waals surface area contributed by atoms with Gasteiger partial charge < -0.3 is 9.55 Å². The van der Waals surface area contributed by atoms with Crippen molar-refractivity contribution in [1.82, 2.24) is 9.55 Å². The smallest absolute Gasteiger partial charge is 0.0280 e. The Hall–Kier alpha value is -1.44. The Morgan fingerprint density at radius 2 is 2.25 bits per heavy atom. The first-order chi connectivity index (χ1) is 5.86. The normalized spacial score (nSPS) is 10.4. The van der Waals surface area contributed by atoms with Crippen molar-refractivity contribution >= 4 is 0 Å². The average Bonchev–Trinajstić information content (AvgIpc) is 2.65. The average molecular weight is 160 g/mol. The van der Waals surface area contributed by atoms with E-state index in [1.807, 2.05) is 12.3 Å². The van der Waals surface area contributed by atoms with Crippen LogP contribution in [0.3, 0.4) is 0 Å². The van der Waals surface area contributed by atoms with Crippen LogP contribution in [0.2, 0.25) is 0 Å². The third-order valence-electron chi connectivity index (χ3n) is 2.09. The Kier molecular flexibility index (Phi) is 1.74. The van der Waals surface area contributed by atoms with Crippen LogP contribution in [-0.2, 0) is 13.5 Å². The fraction of sp³-hybridized carbons (Fsp3) is 0.200. The maximum absolute atomic E-state index is 3.19. The number of H-pyrrole nitrogens is 1. The van der Waals surface area contributed by atoms with Gasteiger partial charge in [0.2, 0.25) is 0 Å². The zero-order valence-corrected chi connectivity index (χ0v) is 7.12. The summed E-state index contributed by atoms with van der Waals surface area (Å²) in [5.74, 6) is 0. The molecule has 0 atom stereocenters. The second kappa shape index (κ2) is 2.89. The SMILES string of the molecule is Cn1cccc1Cc1ccc[nH]1. The van der Waals surface area contributed by atoms with Gasteiger partial charge in [-0.25, -0.2) is 0 Å². The lowest BCUT2D eigenvalue weighted by Crippen LogP contribution is -1.95. The van der Waals surface area contributed by atoms with E-state index in [-0.39, 0.29) is 0 Å². The lowest BCUT2D eigenvalue weighted by atomic mass is 10.2. The summed E-state index contributed by atoms with van der Waals surface area (Å²) in [7, 11) is 2.07. The van der Waals surface area contributed by atoms with Gasteiger partial charge in [0.05, 0.1) is 0 Å². The third-order valence-corrected chi connectivity index (χ3v) is 2.09. The highest BCUT2D eigenvalue weighted by molar-refractivity contribution is 5.16. The van der Waals surface area contributed by atoms with Crippen molar-refractivity contribution in [3.63, 3.8) is 0 Å². The molecular weight excluding hydrogens is 148 g/mol. The van der Waals surface area contributed by atoms with Gasteiger partial charge >= 0.3 is 0 Å². The largest absolute Gasteiger partial charge is 0.365 e. The molecule has 2 aromatic heterocycles.